The van der Waals surface area contributed by atoms with Gasteiger partial charge in [0.15, 0.2) is 0 Å². The molecule has 1 aromatic rings. The number of para-hydroxylation sites is 1. The Morgan fingerprint density at radius 1 is 1.24 bits per heavy atom. The third kappa shape index (κ3) is 1.95. The zero-order valence-corrected chi connectivity index (χ0v) is 10.8. The quantitative estimate of drug-likeness (QED) is 0.731. The van der Waals surface area contributed by atoms with E-state index in [1.54, 1.807) is 0 Å². The number of benzene rings is 1. The zero-order valence-electron chi connectivity index (χ0n) is 10.8. The molecule has 3 atom stereocenters. The fourth-order valence-corrected chi connectivity index (χ4v) is 3.52. The first-order valence-electron chi connectivity index (χ1n) is 6.77. The van der Waals surface area contributed by atoms with E-state index < -0.39 is 5.60 Å². The van der Waals surface area contributed by atoms with Crippen molar-refractivity contribution in [2.45, 2.75) is 45.1 Å². The summed E-state index contributed by atoms with van der Waals surface area (Å²) in [6.07, 6.45) is 4.55. The maximum atomic E-state index is 10.8. The maximum Gasteiger partial charge on any atom is 0.0947 e. The molecule has 0 heterocycles. The molecule has 2 aliphatic carbocycles. The summed E-state index contributed by atoms with van der Waals surface area (Å²) in [5.41, 5.74) is 7.03. The van der Waals surface area contributed by atoms with Crippen LogP contribution in [0.25, 0.3) is 0 Å². The molecule has 0 saturated heterocycles. The molecule has 1 aromatic carbocycles. The molecular weight excluding hydrogens is 210 g/mol. The van der Waals surface area contributed by atoms with Gasteiger partial charge in [0.1, 0.15) is 0 Å². The molecule has 17 heavy (non-hydrogen) atoms. The summed E-state index contributed by atoms with van der Waals surface area (Å²) in [6, 6.07) is 7.76. The largest absolute Gasteiger partial charge is 0.398 e. The molecule has 2 saturated carbocycles. The summed E-state index contributed by atoms with van der Waals surface area (Å²) in [6.45, 7) is 4.00. The highest BCUT2D eigenvalue weighted by atomic mass is 16.3. The van der Waals surface area contributed by atoms with E-state index in [0.29, 0.717) is 5.92 Å². The SMILES string of the molecule is CC.Nc1ccccc1C1(O)CC2CCC1C2. The van der Waals surface area contributed by atoms with E-state index in [1.807, 2.05) is 38.1 Å². The van der Waals surface area contributed by atoms with Crippen LogP contribution in [0.2, 0.25) is 0 Å². The van der Waals surface area contributed by atoms with Crippen LogP contribution in [0, 0.1) is 11.8 Å². The highest BCUT2D eigenvalue weighted by molar-refractivity contribution is 5.50. The van der Waals surface area contributed by atoms with Gasteiger partial charge in [0.2, 0.25) is 0 Å². The summed E-state index contributed by atoms with van der Waals surface area (Å²) in [4.78, 5) is 0. The van der Waals surface area contributed by atoms with Crippen molar-refractivity contribution in [3.05, 3.63) is 29.8 Å². The molecule has 0 aliphatic heterocycles. The Kier molecular flexibility index (Phi) is 3.43. The fraction of sp³-hybridized carbons (Fsp3) is 0.600. The van der Waals surface area contributed by atoms with Gasteiger partial charge in [-0.25, -0.2) is 0 Å². The molecule has 0 aromatic heterocycles. The van der Waals surface area contributed by atoms with Gasteiger partial charge >= 0.3 is 0 Å². The third-order valence-corrected chi connectivity index (χ3v) is 4.24. The molecule has 0 radical (unpaired) electrons. The zero-order chi connectivity index (χ0) is 12.5. The van der Waals surface area contributed by atoms with Crippen LogP contribution in [0.15, 0.2) is 24.3 Å². The molecule has 3 unspecified atom stereocenters. The van der Waals surface area contributed by atoms with Crippen molar-refractivity contribution in [1.82, 2.24) is 0 Å². The van der Waals surface area contributed by atoms with Crippen molar-refractivity contribution in [2.24, 2.45) is 11.8 Å². The lowest BCUT2D eigenvalue weighted by molar-refractivity contribution is -0.0175. The number of hydrogen-bond donors (Lipinski definition) is 2. The van der Waals surface area contributed by atoms with Crippen LogP contribution in [-0.2, 0) is 5.60 Å². The smallest absolute Gasteiger partial charge is 0.0947 e. The lowest BCUT2D eigenvalue weighted by Crippen LogP contribution is -2.32. The molecular formula is C15H23NO. The summed E-state index contributed by atoms with van der Waals surface area (Å²) >= 11 is 0. The first kappa shape index (κ1) is 12.4. The number of fused-ring (bicyclic) bond motifs is 2. The van der Waals surface area contributed by atoms with Crippen LogP contribution >= 0.6 is 0 Å². The topological polar surface area (TPSA) is 46.2 Å². The summed E-state index contributed by atoms with van der Waals surface area (Å²) in [7, 11) is 0. The molecule has 3 rings (SSSR count). The first-order valence-corrected chi connectivity index (χ1v) is 6.77. The van der Waals surface area contributed by atoms with Crippen LogP contribution in [0.4, 0.5) is 5.69 Å². The van der Waals surface area contributed by atoms with Crippen LogP contribution in [0.5, 0.6) is 0 Å². The van der Waals surface area contributed by atoms with Gasteiger partial charge in [-0.2, -0.15) is 0 Å². The molecule has 94 valence electrons. The first-order chi connectivity index (χ1) is 8.20. The second kappa shape index (κ2) is 4.69. The predicted molar refractivity (Wildman–Crippen MR) is 71.5 cm³/mol. The number of anilines is 1. The van der Waals surface area contributed by atoms with Crippen molar-refractivity contribution >= 4 is 5.69 Å². The van der Waals surface area contributed by atoms with E-state index in [4.69, 9.17) is 5.73 Å². The Balaban J connectivity index is 0.000000514. The minimum absolute atomic E-state index is 0.437. The van der Waals surface area contributed by atoms with Gasteiger partial charge in [-0.05, 0) is 43.6 Å². The van der Waals surface area contributed by atoms with Gasteiger partial charge in [0.05, 0.1) is 5.60 Å². The molecule has 2 nitrogen and oxygen atoms in total. The van der Waals surface area contributed by atoms with Gasteiger partial charge in [-0.1, -0.05) is 32.0 Å². The second-order valence-electron chi connectivity index (χ2n) is 5.09. The van der Waals surface area contributed by atoms with E-state index in [-0.39, 0.29) is 0 Å². The lowest BCUT2D eigenvalue weighted by Gasteiger charge is -2.33. The van der Waals surface area contributed by atoms with Gasteiger partial charge < -0.3 is 10.8 Å². The number of hydrogen-bond acceptors (Lipinski definition) is 2. The average molecular weight is 233 g/mol. The van der Waals surface area contributed by atoms with Crippen LogP contribution in [0.3, 0.4) is 0 Å². The number of nitrogens with two attached hydrogens (primary N) is 1. The van der Waals surface area contributed by atoms with Crippen molar-refractivity contribution in [2.75, 3.05) is 5.73 Å². The summed E-state index contributed by atoms with van der Waals surface area (Å²) < 4.78 is 0. The Morgan fingerprint density at radius 2 is 1.94 bits per heavy atom. The molecule has 2 bridgehead atoms. The highest BCUT2D eigenvalue weighted by Gasteiger charge is 2.51. The third-order valence-electron chi connectivity index (χ3n) is 4.24. The summed E-state index contributed by atoms with van der Waals surface area (Å²) in [5, 5.41) is 10.8. The van der Waals surface area contributed by atoms with Crippen molar-refractivity contribution < 1.29 is 5.11 Å². The standard InChI is InChI=1S/C13H17NO.C2H6/c14-12-4-2-1-3-11(12)13(15)8-9-5-6-10(13)7-9;1-2/h1-4,9-10,15H,5-8,14H2;1-2H3. The van der Waals surface area contributed by atoms with Crippen molar-refractivity contribution in [1.29, 1.82) is 0 Å². The molecule has 2 heteroatoms. The molecule has 0 spiro atoms. The monoisotopic (exact) mass is 233 g/mol. The summed E-state index contributed by atoms with van der Waals surface area (Å²) in [5.74, 6) is 1.16. The van der Waals surface area contributed by atoms with Gasteiger partial charge in [0.25, 0.3) is 0 Å². The van der Waals surface area contributed by atoms with E-state index in [9.17, 15) is 5.11 Å². The Hall–Kier alpha value is -1.02. The average Bonchev–Trinajstić information content (AvgIpc) is 2.92. The van der Waals surface area contributed by atoms with Gasteiger partial charge in [-0.3, -0.25) is 0 Å². The Labute approximate surface area is 104 Å². The molecule has 0 amide bonds. The minimum Gasteiger partial charge on any atom is -0.398 e. The normalized spacial score (nSPS) is 34.3. The van der Waals surface area contributed by atoms with E-state index in [1.165, 1.54) is 12.8 Å². The minimum atomic E-state index is -0.631. The van der Waals surface area contributed by atoms with Gasteiger partial charge in [0, 0.05) is 11.3 Å². The Bertz CT molecular complexity index is 390. The maximum absolute atomic E-state index is 10.8. The van der Waals surface area contributed by atoms with Crippen molar-refractivity contribution in [3.8, 4) is 0 Å². The molecule has 2 aliphatic rings. The van der Waals surface area contributed by atoms with Crippen LogP contribution in [0.1, 0.15) is 45.1 Å². The lowest BCUT2D eigenvalue weighted by atomic mass is 9.78. The van der Waals surface area contributed by atoms with Gasteiger partial charge in [-0.15, -0.1) is 0 Å². The fourth-order valence-electron chi connectivity index (χ4n) is 3.52. The van der Waals surface area contributed by atoms with Crippen molar-refractivity contribution in [3.63, 3.8) is 0 Å². The number of rotatable bonds is 1. The Morgan fingerprint density at radius 3 is 2.47 bits per heavy atom. The molecule has 3 N–H and O–H groups in total. The number of nitrogen functional groups attached to an aromatic ring is 1. The number of aliphatic hydroxyl groups is 1. The van der Waals surface area contributed by atoms with E-state index in [2.05, 4.69) is 0 Å². The highest BCUT2D eigenvalue weighted by Crippen LogP contribution is 2.56. The van der Waals surface area contributed by atoms with E-state index in [0.717, 1.165) is 30.0 Å². The van der Waals surface area contributed by atoms with Crippen LogP contribution in [-0.4, -0.2) is 5.11 Å². The molecule has 2 fully saturated rings. The van der Waals surface area contributed by atoms with E-state index >= 15 is 0 Å². The van der Waals surface area contributed by atoms with Crippen LogP contribution < -0.4 is 5.73 Å². The predicted octanol–water partition coefficient (Wildman–Crippen LogP) is 3.30. The second-order valence-corrected chi connectivity index (χ2v) is 5.09.